The summed E-state index contributed by atoms with van der Waals surface area (Å²) in [5, 5.41) is 6.57. The van der Waals surface area contributed by atoms with Crippen LogP contribution < -0.4 is 15.8 Å². The van der Waals surface area contributed by atoms with E-state index in [-0.39, 0.29) is 24.8 Å². The summed E-state index contributed by atoms with van der Waals surface area (Å²) in [4.78, 5) is 28.1. The number of ether oxygens (including phenoxy) is 1. The zero-order valence-corrected chi connectivity index (χ0v) is 13.6. The van der Waals surface area contributed by atoms with Crippen molar-refractivity contribution in [2.75, 3.05) is 11.9 Å². The Morgan fingerprint density at radius 1 is 1.27 bits per heavy atom. The second-order valence-corrected chi connectivity index (χ2v) is 5.62. The molecule has 1 atom stereocenters. The van der Waals surface area contributed by atoms with Gasteiger partial charge in [0.2, 0.25) is 6.10 Å². The minimum atomic E-state index is -0.793. The van der Waals surface area contributed by atoms with Crippen LogP contribution in [0.4, 0.5) is 10.1 Å². The summed E-state index contributed by atoms with van der Waals surface area (Å²) in [7, 11) is 0. The maximum atomic E-state index is 13.3. The quantitative estimate of drug-likeness (QED) is 0.823. The predicted molar refractivity (Wildman–Crippen MR) is 92.2 cm³/mol. The summed E-state index contributed by atoms with van der Waals surface area (Å²) < 4.78 is 18.4. The van der Waals surface area contributed by atoms with Gasteiger partial charge in [0.05, 0.1) is 5.71 Å². The second kappa shape index (κ2) is 7.64. The number of nitrogens with one attached hydrogen (secondary N) is 1. The van der Waals surface area contributed by atoms with Crippen LogP contribution in [0.1, 0.15) is 12.0 Å². The Kier molecular flexibility index (Phi) is 5.12. The molecule has 1 aliphatic heterocycles. The fraction of sp³-hybridized carbons (Fsp3) is 0.167. The topological polar surface area (TPSA) is 103 Å². The summed E-state index contributed by atoms with van der Waals surface area (Å²) in [5.74, 6) is -0.867. The van der Waals surface area contributed by atoms with Gasteiger partial charge in [0.15, 0.2) is 6.61 Å². The number of amides is 2. The van der Waals surface area contributed by atoms with E-state index < -0.39 is 12.0 Å². The van der Waals surface area contributed by atoms with E-state index in [2.05, 4.69) is 10.5 Å². The van der Waals surface area contributed by atoms with Gasteiger partial charge in [0, 0.05) is 17.7 Å². The van der Waals surface area contributed by atoms with Gasteiger partial charge in [-0.1, -0.05) is 17.3 Å². The molecule has 3 N–H and O–H groups in total. The summed E-state index contributed by atoms with van der Waals surface area (Å²) in [6.45, 7) is -0.220. The van der Waals surface area contributed by atoms with Gasteiger partial charge in [-0.3, -0.25) is 9.59 Å². The molecule has 134 valence electrons. The number of nitrogens with zero attached hydrogens (tertiary/aromatic N) is 1. The SMILES string of the molecule is NC(=O)COc1ccc(NC(=O)C2CC(c3cccc(F)c3)=NO2)cc1. The van der Waals surface area contributed by atoms with Crippen LogP contribution in [0, 0.1) is 5.82 Å². The van der Waals surface area contributed by atoms with E-state index in [0.717, 1.165) is 0 Å². The number of oxime groups is 1. The van der Waals surface area contributed by atoms with E-state index in [9.17, 15) is 14.0 Å². The number of carbonyl (C=O) groups excluding carboxylic acids is 2. The molecule has 1 aliphatic rings. The average Bonchev–Trinajstić information content (AvgIpc) is 3.11. The lowest BCUT2D eigenvalue weighted by Gasteiger charge is -2.10. The van der Waals surface area contributed by atoms with Gasteiger partial charge in [0.1, 0.15) is 11.6 Å². The highest BCUT2D eigenvalue weighted by Crippen LogP contribution is 2.20. The number of carbonyl (C=O) groups is 2. The van der Waals surface area contributed by atoms with Crippen molar-refractivity contribution in [2.45, 2.75) is 12.5 Å². The number of rotatable bonds is 6. The fourth-order valence-corrected chi connectivity index (χ4v) is 2.37. The van der Waals surface area contributed by atoms with Crippen molar-refractivity contribution in [3.05, 3.63) is 59.9 Å². The Hall–Kier alpha value is -3.42. The third-order valence-corrected chi connectivity index (χ3v) is 3.62. The van der Waals surface area contributed by atoms with Crippen LogP contribution >= 0.6 is 0 Å². The molecule has 0 aliphatic carbocycles. The van der Waals surface area contributed by atoms with Crippen LogP contribution in [0.3, 0.4) is 0 Å². The van der Waals surface area contributed by atoms with Crippen molar-refractivity contribution in [3.8, 4) is 5.75 Å². The molecule has 1 heterocycles. The molecule has 3 rings (SSSR count). The van der Waals surface area contributed by atoms with Crippen molar-refractivity contribution >= 4 is 23.2 Å². The van der Waals surface area contributed by atoms with E-state index in [1.807, 2.05) is 0 Å². The van der Waals surface area contributed by atoms with Crippen LogP contribution in [0.2, 0.25) is 0 Å². The number of benzene rings is 2. The van der Waals surface area contributed by atoms with Crippen LogP contribution in [0.15, 0.2) is 53.7 Å². The lowest BCUT2D eigenvalue weighted by atomic mass is 10.0. The van der Waals surface area contributed by atoms with Crippen molar-refractivity contribution in [2.24, 2.45) is 10.9 Å². The van der Waals surface area contributed by atoms with E-state index in [1.54, 1.807) is 36.4 Å². The van der Waals surface area contributed by atoms with Crippen LogP contribution in [0.25, 0.3) is 0 Å². The van der Waals surface area contributed by atoms with Crippen molar-refractivity contribution in [1.29, 1.82) is 0 Å². The molecule has 2 aromatic carbocycles. The van der Waals surface area contributed by atoms with Gasteiger partial charge in [-0.05, 0) is 36.4 Å². The standard InChI is InChI=1S/C18H16FN3O4/c19-12-3-1-2-11(8-12)15-9-16(26-22-15)18(24)21-13-4-6-14(7-5-13)25-10-17(20)23/h1-8,16H,9-10H2,(H2,20,23)(H,21,24). The lowest BCUT2D eigenvalue weighted by Crippen LogP contribution is -2.28. The Balaban J connectivity index is 1.55. The molecule has 0 saturated heterocycles. The highest BCUT2D eigenvalue weighted by molar-refractivity contribution is 6.06. The van der Waals surface area contributed by atoms with E-state index >= 15 is 0 Å². The third kappa shape index (κ3) is 4.35. The molecule has 0 bridgehead atoms. The zero-order chi connectivity index (χ0) is 18.5. The highest BCUT2D eigenvalue weighted by Gasteiger charge is 2.29. The largest absolute Gasteiger partial charge is 0.484 e. The number of anilines is 1. The van der Waals surface area contributed by atoms with E-state index in [4.69, 9.17) is 15.3 Å². The van der Waals surface area contributed by atoms with Gasteiger partial charge in [-0.2, -0.15) is 0 Å². The summed E-state index contributed by atoms with van der Waals surface area (Å²) in [5.41, 5.74) is 6.63. The summed E-state index contributed by atoms with van der Waals surface area (Å²) >= 11 is 0. The Labute approximate surface area is 148 Å². The number of nitrogens with two attached hydrogens (primary N) is 1. The van der Waals surface area contributed by atoms with Gasteiger partial charge in [-0.15, -0.1) is 0 Å². The first kappa shape index (κ1) is 17.4. The molecule has 2 amide bonds. The van der Waals surface area contributed by atoms with E-state index in [1.165, 1.54) is 12.1 Å². The first-order valence-corrected chi connectivity index (χ1v) is 7.82. The van der Waals surface area contributed by atoms with E-state index in [0.29, 0.717) is 22.7 Å². The maximum absolute atomic E-state index is 13.3. The summed E-state index contributed by atoms with van der Waals surface area (Å²) in [6.07, 6.45) is -0.547. The molecule has 2 aromatic rings. The lowest BCUT2D eigenvalue weighted by molar-refractivity contribution is -0.125. The number of primary amides is 1. The second-order valence-electron chi connectivity index (χ2n) is 5.62. The molecule has 0 spiro atoms. The molecule has 1 unspecified atom stereocenters. The van der Waals surface area contributed by atoms with Gasteiger partial charge in [-0.25, -0.2) is 4.39 Å². The molecule has 8 heteroatoms. The van der Waals surface area contributed by atoms with Crippen LogP contribution in [0.5, 0.6) is 5.75 Å². The molecule has 7 nitrogen and oxygen atoms in total. The van der Waals surface area contributed by atoms with Gasteiger partial charge >= 0.3 is 0 Å². The molecular weight excluding hydrogens is 341 g/mol. The minimum Gasteiger partial charge on any atom is -0.484 e. The van der Waals surface area contributed by atoms with Crippen LogP contribution in [-0.4, -0.2) is 30.2 Å². The summed E-state index contributed by atoms with van der Waals surface area (Å²) in [6, 6.07) is 12.4. The first-order chi connectivity index (χ1) is 12.5. The van der Waals surface area contributed by atoms with Gasteiger partial charge in [0.25, 0.3) is 11.8 Å². The smallest absolute Gasteiger partial charge is 0.268 e. The normalized spacial score (nSPS) is 15.7. The van der Waals surface area contributed by atoms with Crippen LogP contribution in [-0.2, 0) is 14.4 Å². The van der Waals surface area contributed by atoms with Crippen molar-refractivity contribution < 1.29 is 23.6 Å². The molecule has 0 fully saturated rings. The number of halogens is 1. The third-order valence-electron chi connectivity index (χ3n) is 3.62. The minimum absolute atomic E-state index is 0.220. The molecular formula is C18H16FN3O4. The van der Waals surface area contributed by atoms with Crippen molar-refractivity contribution in [3.63, 3.8) is 0 Å². The average molecular weight is 357 g/mol. The van der Waals surface area contributed by atoms with Crippen molar-refractivity contribution in [1.82, 2.24) is 0 Å². The fourth-order valence-electron chi connectivity index (χ4n) is 2.37. The molecule has 0 aromatic heterocycles. The number of hydrogen-bond acceptors (Lipinski definition) is 5. The number of hydrogen-bond donors (Lipinski definition) is 2. The van der Waals surface area contributed by atoms with Gasteiger partial charge < -0.3 is 20.6 Å². The predicted octanol–water partition coefficient (Wildman–Crippen LogP) is 1.82. The first-order valence-electron chi connectivity index (χ1n) is 7.82. The Bertz CT molecular complexity index is 852. The molecule has 26 heavy (non-hydrogen) atoms. The monoisotopic (exact) mass is 357 g/mol. The Morgan fingerprint density at radius 3 is 2.73 bits per heavy atom. The highest BCUT2D eigenvalue weighted by atomic mass is 19.1. The maximum Gasteiger partial charge on any atom is 0.268 e. The zero-order valence-electron chi connectivity index (χ0n) is 13.6. The molecule has 0 saturated carbocycles. The Morgan fingerprint density at radius 2 is 2.04 bits per heavy atom. The molecule has 0 radical (unpaired) electrons.